The van der Waals surface area contributed by atoms with Crippen molar-refractivity contribution in [2.24, 2.45) is 0 Å². The SMILES string of the molecule is CCCCCNS(=O)(=O)N1C[C@@H](C)O[C@@H](C)C1. The van der Waals surface area contributed by atoms with Crippen LogP contribution in [-0.2, 0) is 14.9 Å². The monoisotopic (exact) mass is 264 g/mol. The minimum Gasteiger partial charge on any atom is -0.373 e. The summed E-state index contributed by atoms with van der Waals surface area (Å²) in [5.74, 6) is 0. The molecule has 0 aliphatic carbocycles. The van der Waals surface area contributed by atoms with Crippen molar-refractivity contribution in [1.82, 2.24) is 9.03 Å². The number of unbranched alkanes of at least 4 members (excludes halogenated alkanes) is 2. The Bertz CT molecular complexity index is 309. The minimum atomic E-state index is -3.33. The van der Waals surface area contributed by atoms with Gasteiger partial charge in [0.25, 0.3) is 10.2 Å². The standard InChI is InChI=1S/C11H24N2O3S/c1-4-5-6-7-12-17(14,15)13-8-10(2)16-11(3)9-13/h10-12H,4-9H2,1-3H3/t10-,11+. The fourth-order valence-corrected chi connectivity index (χ4v) is 3.39. The van der Waals surface area contributed by atoms with E-state index in [4.69, 9.17) is 4.74 Å². The second-order valence-electron chi connectivity index (χ2n) is 4.68. The van der Waals surface area contributed by atoms with Crippen LogP contribution in [0.1, 0.15) is 40.0 Å². The number of ether oxygens (including phenoxy) is 1. The minimum absolute atomic E-state index is 0.0361. The first-order chi connectivity index (χ1) is 7.95. The topological polar surface area (TPSA) is 58.6 Å². The van der Waals surface area contributed by atoms with Crippen LogP contribution >= 0.6 is 0 Å². The molecule has 1 heterocycles. The number of hydrogen-bond acceptors (Lipinski definition) is 3. The van der Waals surface area contributed by atoms with E-state index in [1.807, 2.05) is 13.8 Å². The van der Waals surface area contributed by atoms with Crippen molar-refractivity contribution in [3.05, 3.63) is 0 Å². The first kappa shape index (κ1) is 14.9. The Morgan fingerprint density at radius 3 is 2.35 bits per heavy atom. The Morgan fingerprint density at radius 1 is 1.24 bits per heavy atom. The van der Waals surface area contributed by atoms with Crippen molar-refractivity contribution in [3.63, 3.8) is 0 Å². The second-order valence-corrected chi connectivity index (χ2v) is 6.44. The van der Waals surface area contributed by atoms with Gasteiger partial charge in [-0.2, -0.15) is 12.7 Å². The third-order valence-corrected chi connectivity index (χ3v) is 4.34. The smallest absolute Gasteiger partial charge is 0.279 e. The summed E-state index contributed by atoms with van der Waals surface area (Å²) < 4.78 is 33.7. The van der Waals surface area contributed by atoms with Gasteiger partial charge < -0.3 is 4.74 Å². The zero-order valence-corrected chi connectivity index (χ0v) is 11.8. The van der Waals surface area contributed by atoms with Crippen LogP contribution in [0.25, 0.3) is 0 Å². The summed E-state index contributed by atoms with van der Waals surface area (Å²) in [7, 11) is -3.33. The molecule has 17 heavy (non-hydrogen) atoms. The highest BCUT2D eigenvalue weighted by molar-refractivity contribution is 7.87. The van der Waals surface area contributed by atoms with E-state index in [0.29, 0.717) is 19.6 Å². The maximum atomic E-state index is 12.0. The van der Waals surface area contributed by atoms with E-state index >= 15 is 0 Å². The van der Waals surface area contributed by atoms with E-state index in [1.165, 1.54) is 4.31 Å². The molecule has 1 aliphatic rings. The predicted molar refractivity (Wildman–Crippen MR) is 68.0 cm³/mol. The van der Waals surface area contributed by atoms with Crippen molar-refractivity contribution in [1.29, 1.82) is 0 Å². The largest absolute Gasteiger partial charge is 0.373 e. The molecule has 0 radical (unpaired) electrons. The van der Waals surface area contributed by atoms with Gasteiger partial charge in [-0.3, -0.25) is 0 Å². The molecule has 0 spiro atoms. The molecule has 0 amide bonds. The first-order valence-corrected chi connectivity index (χ1v) is 7.80. The third-order valence-electron chi connectivity index (χ3n) is 2.79. The van der Waals surface area contributed by atoms with Crippen molar-refractivity contribution in [2.75, 3.05) is 19.6 Å². The Balaban J connectivity index is 2.45. The van der Waals surface area contributed by atoms with Crippen LogP contribution in [0.4, 0.5) is 0 Å². The van der Waals surface area contributed by atoms with Gasteiger partial charge in [0.05, 0.1) is 12.2 Å². The molecule has 2 atom stereocenters. The summed E-state index contributed by atoms with van der Waals surface area (Å²) in [6.07, 6.45) is 2.97. The van der Waals surface area contributed by atoms with E-state index in [9.17, 15) is 8.42 Å². The van der Waals surface area contributed by atoms with Crippen molar-refractivity contribution < 1.29 is 13.2 Å². The zero-order chi connectivity index (χ0) is 12.9. The molecule has 0 aromatic rings. The molecule has 1 aliphatic heterocycles. The van der Waals surface area contributed by atoms with Crippen molar-refractivity contribution in [3.8, 4) is 0 Å². The number of nitrogens with one attached hydrogen (secondary N) is 1. The molecule has 0 saturated carbocycles. The lowest BCUT2D eigenvalue weighted by Crippen LogP contribution is -2.52. The average molecular weight is 264 g/mol. The summed E-state index contributed by atoms with van der Waals surface area (Å²) in [5.41, 5.74) is 0. The van der Waals surface area contributed by atoms with E-state index in [1.54, 1.807) is 0 Å². The predicted octanol–water partition coefficient (Wildman–Crippen LogP) is 1.12. The third kappa shape index (κ3) is 4.91. The summed E-state index contributed by atoms with van der Waals surface area (Å²) in [6, 6.07) is 0. The van der Waals surface area contributed by atoms with Gasteiger partial charge in [0.2, 0.25) is 0 Å². The zero-order valence-electron chi connectivity index (χ0n) is 11.0. The molecule has 0 aromatic heterocycles. The Hall–Kier alpha value is -0.170. The molecule has 1 rings (SSSR count). The molecule has 5 nitrogen and oxygen atoms in total. The lowest BCUT2D eigenvalue weighted by Gasteiger charge is -2.34. The van der Waals surface area contributed by atoms with Crippen LogP contribution in [0.15, 0.2) is 0 Å². The van der Waals surface area contributed by atoms with E-state index < -0.39 is 10.2 Å². The second kappa shape index (κ2) is 6.68. The van der Waals surface area contributed by atoms with Gasteiger partial charge >= 0.3 is 0 Å². The fourth-order valence-electron chi connectivity index (χ4n) is 1.99. The number of nitrogens with zero attached hydrogens (tertiary/aromatic N) is 1. The molecule has 1 N–H and O–H groups in total. The van der Waals surface area contributed by atoms with Crippen LogP contribution in [0.5, 0.6) is 0 Å². The highest BCUT2D eigenvalue weighted by atomic mass is 32.2. The van der Waals surface area contributed by atoms with Crippen LogP contribution < -0.4 is 4.72 Å². The lowest BCUT2D eigenvalue weighted by atomic mass is 10.3. The van der Waals surface area contributed by atoms with E-state index in [2.05, 4.69) is 11.6 Å². The van der Waals surface area contributed by atoms with Gasteiger partial charge in [-0.05, 0) is 20.3 Å². The van der Waals surface area contributed by atoms with Crippen LogP contribution in [0.2, 0.25) is 0 Å². The van der Waals surface area contributed by atoms with Crippen molar-refractivity contribution in [2.45, 2.75) is 52.2 Å². The van der Waals surface area contributed by atoms with Gasteiger partial charge in [0, 0.05) is 19.6 Å². The highest BCUT2D eigenvalue weighted by Gasteiger charge is 2.30. The molecule has 1 saturated heterocycles. The van der Waals surface area contributed by atoms with Gasteiger partial charge in [-0.15, -0.1) is 0 Å². The average Bonchev–Trinajstić information content (AvgIpc) is 2.23. The molecule has 0 bridgehead atoms. The lowest BCUT2D eigenvalue weighted by molar-refractivity contribution is -0.0443. The molecule has 0 aromatic carbocycles. The summed E-state index contributed by atoms with van der Waals surface area (Å²) in [5, 5.41) is 0. The van der Waals surface area contributed by atoms with Gasteiger partial charge in [0.15, 0.2) is 0 Å². The molecule has 6 heteroatoms. The number of hydrogen-bond donors (Lipinski definition) is 1. The normalized spacial score (nSPS) is 27.2. The Labute approximate surface area is 105 Å². The Morgan fingerprint density at radius 2 is 1.82 bits per heavy atom. The molecule has 1 fully saturated rings. The van der Waals surface area contributed by atoms with Gasteiger partial charge in [-0.25, -0.2) is 4.72 Å². The molecule has 0 unspecified atom stereocenters. The van der Waals surface area contributed by atoms with Crippen LogP contribution in [-0.4, -0.2) is 44.6 Å². The molecular formula is C11H24N2O3S. The van der Waals surface area contributed by atoms with Gasteiger partial charge in [-0.1, -0.05) is 19.8 Å². The molecular weight excluding hydrogens is 240 g/mol. The van der Waals surface area contributed by atoms with Gasteiger partial charge in [0.1, 0.15) is 0 Å². The van der Waals surface area contributed by atoms with Crippen molar-refractivity contribution >= 4 is 10.2 Å². The maximum absolute atomic E-state index is 12.0. The fraction of sp³-hybridized carbons (Fsp3) is 1.00. The highest BCUT2D eigenvalue weighted by Crippen LogP contribution is 2.13. The number of morpholine rings is 1. The molecule has 102 valence electrons. The summed E-state index contributed by atoms with van der Waals surface area (Å²) >= 11 is 0. The van der Waals surface area contributed by atoms with E-state index in [0.717, 1.165) is 19.3 Å². The number of rotatable bonds is 6. The van der Waals surface area contributed by atoms with Crippen LogP contribution in [0, 0.1) is 0 Å². The van der Waals surface area contributed by atoms with Crippen LogP contribution in [0.3, 0.4) is 0 Å². The maximum Gasteiger partial charge on any atom is 0.279 e. The quantitative estimate of drug-likeness (QED) is 0.731. The Kier molecular flexibility index (Phi) is 5.85. The van der Waals surface area contributed by atoms with E-state index in [-0.39, 0.29) is 12.2 Å². The summed E-state index contributed by atoms with van der Waals surface area (Å²) in [6.45, 7) is 7.29. The summed E-state index contributed by atoms with van der Waals surface area (Å²) in [4.78, 5) is 0. The first-order valence-electron chi connectivity index (χ1n) is 6.36.